The number of nitrogens with zero attached hydrogens (tertiary/aromatic N) is 2. The maximum absolute atomic E-state index is 12.6. The Morgan fingerprint density at radius 1 is 1.21 bits per heavy atom. The van der Waals surface area contributed by atoms with Crippen LogP contribution in [0.4, 0.5) is 13.2 Å². The number of hydrogen-bond acceptors (Lipinski definition) is 3. The zero-order valence-corrected chi connectivity index (χ0v) is 12.6. The quantitative estimate of drug-likeness (QED) is 0.903. The average Bonchev–Trinajstić information content (AvgIpc) is 3.15. The molecule has 1 aromatic heterocycles. The van der Waals surface area contributed by atoms with Crippen molar-refractivity contribution < 1.29 is 27.8 Å². The van der Waals surface area contributed by atoms with Crippen molar-refractivity contribution in [3.05, 3.63) is 36.2 Å². The zero-order valence-electron chi connectivity index (χ0n) is 12.6. The van der Waals surface area contributed by atoms with Crippen LogP contribution in [0, 0.1) is 0 Å². The number of aromatic carboxylic acids is 1. The summed E-state index contributed by atoms with van der Waals surface area (Å²) in [5.74, 6) is -1.73. The fraction of sp³-hybridized carbons (Fsp3) is 0.375. The van der Waals surface area contributed by atoms with E-state index in [1.807, 2.05) is 0 Å². The molecule has 0 unspecified atom stereocenters. The summed E-state index contributed by atoms with van der Waals surface area (Å²) in [7, 11) is 0. The first-order valence-corrected chi connectivity index (χ1v) is 7.53. The number of carboxylic acids is 1. The van der Waals surface area contributed by atoms with Gasteiger partial charge in [-0.3, -0.25) is 4.68 Å². The highest BCUT2D eigenvalue weighted by molar-refractivity contribution is 5.94. The van der Waals surface area contributed by atoms with Crippen molar-refractivity contribution in [2.24, 2.45) is 0 Å². The molecule has 0 bridgehead atoms. The van der Waals surface area contributed by atoms with Gasteiger partial charge in [-0.2, -0.15) is 5.10 Å². The minimum atomic E-state index is -4.86. The number of carboxylic acid groups (broad SMARTS) is 1. The topological polar surface area (TPSA) is 64.3 Å². The Hall–Kier alpha value is -2.51. The van der Waals surface area contributed by atoms with Crippen LogP contribution in [0.1, 0.15) is 42.2 Å². The minimum Gasteiger partial charge on any atom is -0.476 e. The zero-order chi connectivity index (χ0) is 17.3. The van der Waals surface area contributed by atoms with Crippen molar-refractivity contribution in [2.75, 3.05) is 0 Å². The number of rotatable bonds is 4. The van der Waals surface area contributed by atoms with Crippen LogP contribution < -0.4 is 4.74 Å². The number of para-hydroxylation sites is 1. The molecule has 0 radical (unpaired) electrons. The molecule has 1 aromatic carbocycles. The van der Waals surface area contributed by atoms with E-state index >= 15 is 0 Å². The smallest absolute Gasteiger partial charge is 0.476 e. The number of benzene rings is 1. The normalized spacial score (nSPS) is 15.6. The summed E-state index contributed by atoms with van der Waals surface area (Å²) in [6.07, 6.45) is 0.437. The lowest BCUT2D eigenvalue weighted by atomic mass is 10.1. The molecule has 1 fully saturated rings. The van der Waals surface area contributed by atoms with E-state index in [9.17, 15) is 23.1 Å². The molecule has 0 atom stereocenters. The maximum atomic E-state index is 12.6. The second-order valence-electron chi connectivity index (χ2n) is 5.66. The van der Waals surface area contributed by atoms with Gasteiger partial charge in [-0.1, -0.05) is 31.0 Å². The molecular formula is C16H15F3N2O3. The molecule has 1 aliphatic rings. The summed E-state index contributed by atoms with van der Waals surface area (Å²) in [5.41, 5.74) is -0.106. The van der Waals surface area contributed by atoms with Crippen LogP contribution in [-0.2, 0) is 0 Å². The van der Waals surface area contributed by atoms with Crippen molar-refractivity contribution in [2.45, 2.75) is 38.1 Å². The van der Waals surface area contributed by atoms with Gasteiger partial charge < -0.3 is 9.84 Å². The van der Waals surface area contributed by atoms with E-state index in [1.54, 1.807) is 4.68 Å². The lowest BCUT2D eigenvalue weighted by molar-refractivity contribution is -0.274. The Labute approximate surface area is 135 Å². The fourth-order valence-corrected chi connectivity index (χ4v) is 3.01. The first-order valence-electron chi connectivity index (χ1n) is 7.53. The molecule has 3 rings (SSSR count). The number of ether oxygens (including phenoxy) is 1. The highest BCUT2D eigenvalue weighted by atomic mass is 19.4. The lowest BCUT2D eigenvalue weighted by Crippen LogP contribution is -2.17. The van der Waals surface area contributed by atoms with Gasteiger partial charge in [-0.25, -0.2) is 4.79 Å². The molecule has 1 aliphatic carbocycles. The lowest BCUT2D eigenvalue weighted by Gasteiger charge is -2.12. The van der Waals surface area contributed by atoms with Crippen LogP contribution in [0.15, 0.2) is 30.5 Å². The Bertz CT molecular complexity index is 749. The van der Waals surface area contributed by atoms with E-state index in [2.05, 4.69) is 9.84 Å². The average molecular weight is 340 g/mol. The first kappa shape index (κ1) is 16.4. The molecule has 0 spiro atoms. The second kappa shape index (κ2) is 6.18. The molecule has 1 saturated carbocycles. The summed E-state index contributed by atoms with van der Waals surface area (Å²) < 4.78 is 43.3. The third kappa shape index (κ3) is 3.37. The number of carbonyl (C=O) groups is 1. The molecule has 24 heavy (non-hydrogen) atoms. The van der Waals surface area contributed by atoms with Gasteiger partial charge in [0.1, 0.15) is 5.75 Å². The third-order valence-corrected chi connectivity index (χ3v) is 4.04. The standard InChI is InChI=1S/C16H15F3N2O3/c17-16(18,19)24-13-8-4-3-7-11(13)12-9-21(10-5-1-2-6-10)20-14(12)15(22)23/h3-4,7-10H,1-2,5-6H2,(H,22,23). The molecule has 0 amide bonds. The molecule has 0 aliphatic heterocycles. The fourth-order valence-electron chi connectivity index (χ4n) is 3.01. The summed E-state index contributed by atoms with van der Waals surface area (Å²) in [4.78, 5) is 11.5. The predicted molar refractivity (Wildman–Crippen MR) is 78.8 cm³/mol. The van der Waals surface area contributed by atoms with E-state index in [0.717, 1.165) is 31.7 Å². The van der Waals surface area contributed by atoms with Gasteiger partial charge in [-0.15, -0.1) is 13.2 Å². The van der Waals surface area contributed by atoms with E-state index in [1.165, 1.54) is 24.4 Å². The molecule has 0 saturated heterocycles. The van der Waals surface area contributed by atoms with E-state index in [4.69, 9.17) is 0 Å². The molecular weight excluding hydrogens is 325 g/mol. The summed E-state index contributed by atoms with van der Waals surface area (Å²) in [6, 6.07) is 5.54. The summed E-state index contributed by atoms with van der Waals surface area (Å²) >= 11 is 0. The molecule has 1 N–H and O–H groups in total. The van der Waals surface area contributed by atoms with Crippen molar-refractivity contribution in [3.8, 4) is 16.9 Å². The predicted octanol–water partition coefficient (Wildman–Crippen LogP) is 4.26. The Morgan fingerprint density at radius 2 is 1.88 bits per heavy atom. The third-order valence-electron chi connectivity index (χ3n) is 4.04. The van der Waals surface area contributed by atoms with Gasteiger partial charge in [0.15, 0.2) is 5.69 Å². The van der Waals surface area contributed by atoms with Crippen LogP contribution in [0.25, 0.3) is 11.1 Å². The van der Waals surface area contributed by atoms with Crippen LogP contribution >= 0.6 is 0 Å². The molecule has 8 heteroatoms. The maximum Gasteiger partial charge on any atom is 0.573 e. The van der Waals surface area contributed by atoms with Crippen LogP contribution in [-0.4, -0.2) is 27.2 Å². The number of aromatic nitrogens is 2. The van der Waals surface area contributed by atoms with Gasteiger partial charge in [-0.05, 0) is 18.9 Å². The van der Waals surface area contributed by atoms with E-state index in [0.29, 0.717) is 0 Å². The molecule has 2 aromatic rings. The van der Waals surface area contributed by atoms with Crippen molar-refractivity contribution >= 4 is 5.97 Å². The van der Waals surface area contributed by atoms with Crippen LogP contribution in [0.5, 0.6) is 5.75 Å². The van der Waals surface area contributed by atoms with Gasteiger partial charge in [0.05, 0.1) is 6.04 Å². The highest BCUT2D eigenvalue weighted by Gasteiger charge is 2.33. The largest absolute Gasteiger partial charge is 0.573 e. The molecule has 128 valence electrons. The highest BCUT2D eigenvalue weighted by Crippen LogP contribution is 2.37. The van der Waals surface area contributed by atoms with Gasteiger partial charge in [0, 0.05) is 17.3 Å². The SMILES string of the molecule is O=C(O)c1nn(C2CCCC2)cc1-c1ccccc1OC(F)(F)F. The van der Waals surface area contributed by atoms with Gasteiger partial charge in [0.2, 0.25) is 0 Å². The Balaban J connectivity index is 2.07. The van der Waals surface area contributed by atoms with Crippen LogP contribution in [0.2, 0.25) is 0 Å². The molecule has 1 heterocycles. The van der Waals surface area contributed by atoms with E-state index in [-0.39, 0.29) is 22.9 Å². The Morgan fingerprint density at radius 3 is 2.50 bits per heavy atom. The summed E-state index contributed by atoms with van der Waals surface area (Å²) in [5, 5.41) is 13.5. The number of hydrogen-bond donors (Lipinski definition) is 1. The summed E-state index contributed by atoms with van der Waals surface area (Å²) in [6.45, 7) is 0. The minimum absolute atomic E-state index is 0.0523. The van der Waals surface area contributed by atoms with E-state index < -0.39 is 18.1 Å². The van der Waals surface area contributed by atoms with Crippen LogP contribution in [0.3, 0.4) is 0 Å². The first-order chi connectivity index (χ1) is 11.3. The Kier molecular flexibility index (Phi) is 4.21. The number of alkyl halides is 3. The van der Waals surface area contributed by atoms with Crippen molar-refractivity contribution in [3.63, 3.8) is 0 Å². The van der Waals surface area contributed by atoms with Crippen molar-refractivity contribution in [1.29, 1.82) is 0 Å². The molecule has 5 nitrogen and oxygen atoms in total. The van der Waals surface area contributed by atoms with Gasteiger partial charge in [0.25, 0.3) is 0 Å². The number of halogens is 3. The monoisotopic (exact) mass is 340 g/mol. The second-order valence-corrected chi connectivity index (χ2v) is 5.66. The van der Waals surface area contributed by atoms with Crippen molar-refractivity contribution in [1.82, 2.24) is 9.78 Å². The van der Waals surface area contributed by atoms with Gasteiger partial charge >= 0.3 is 12.3 Å².